The molecule has 1 aliphatic heterocycles. The van der Waals surface area contributed by atoms with Gasteiger partial charge in [0.2, 0.25) is 0 Å². The summed E-state index contributed by atoms with van der Waals surface area (Å²) < 4.78 is 7.66. The molecule has 5 rings (SSSR count). The zero-order valence-corrected chi connectivity index (χ0v) is 18.3. The number of anilines is 1. The van der Waals surface area contributed by atoms with E-state index in [2.05, 4.69) is 16.0 Å². The molecule has 1 N–H and O–H groups in total. The van der Waals surface area contributed by atoms with Gasteiger partial charge in [-0.2, -0.15) is 0 Å². The number of pyridine rings is 1. The Kier molecular flexibility index (Phi) is 5.28. The van der Waals surface area contributed by atoms with Crippen LogP contribution in [-0.4, -0.2) is 51.4 Å². The van der Waals surface area contributed by atoms with Gasteiger partial charge in [0.15, 0.2) is 0 Å². The van der Waals surface area contributed by atoms with Crippen molar-refractivity contribution in [1.82, 2.24) is 14.5 Å². The van der Waals surface area contributed by atoms with Crippen molar-refractivity contribution in [3.63, 3.8) is 0 Å². The van der Waals surface area contributed by atoms with Crippen molar-refractivity contribution in [2.75, 3.05) is 24.7 Å². The second-order valence-electron chi connectivity index (χ2n) is 8.43. The Labute approximate surface area is 189 Å². The number of hydrogen-bond acceptors (Lipinski definition) is 5. The molecule has 31 heavy (non-hydrogen) atoms. The fourth-order valence-electron chi connectivity index (χ4n) is 4.47. The summed E-state index contributed by atoms with van der Waals surface area (Å²) in [4.78, 5) is 22.2. The van der Waals surface area contributed by atoms with Crippen LogP contribution in [0.3, 0.4) is 0 Å². The van der Waals surface area contributed by atoms with Crippen LogP contribution in [0.4, 0.5) is 5.82 Å². The summed E-state index contributed by atoms with van der Waals surface area (Å²) in [6, 6.07) is 5.89. The molecule has 1 atom stereocenters. The van der Waals surface area contributed by atoms with E-state index in [-0.39, 0.29) is 19.1 Å². The van der Waals surface area contributed by atoms with E-state index in [9.17, 15) is 4.79 Å². The molecule has 1 saturated heterocycles. The van der Waals surface area contributed by atoms with Crippen molar-refractivity contribution < 1.29 is 14.6 Å². The SMILES string of the molecule is O=C(O)CCOC[C@@H]1CC2(CC2)CN1c1cc(-n2ccnc2)c2ccc(Cl)c(Cl)c2n1. The van der Waals surface area contributed by atoms with E-state index in [1.54, 1.807) is 18.6 Å². The number of fused-ring (bicyclic) bond motifs is 1. The largest absolute Gasteiger partial charge is 0.481 e. The Morgan fingerprint density at radius 1 is 1.32 bits per heavy atom. The molecule has 1 aromatic carbocycles. The van der Waals surface area contributed by atoms with Gasteiger partial charge in [-0.15, -0.1) is 0 Å². The zero-order valence-electron chi connectivity index (χ0n) is 16.8. The number of carbonyl (C=O) groups is 1. The Morgan fingerprint density at radius 3 is 2.87 bits per heavy atom. The number of nitrogens with zero attached hydrogens (tertiary/aromatic N) is 4. The predicted molar refractivity (Wildman–Crippen MR) is 119 cm³/mol. The number of rotatable bonds is 7. The molecule has 7 nitrogen and oxygen atoms in total. The third-order valence-corrected chi connectivity index (χ3v) is 7.05. The van der Waals surface area contributed by atoms with Gasteiger partial charge in [0.25, 0.3) is 0 Å². The van der Waals surface area contributed by atoms with Gasteiger partial charge in [0.1, 0.15) is 5.82 Å². The number of ether oxygens (including phenoxy) is 1. The van der Waals surface area contributed by atoms with Gasteiger partial charge < -0.3 is 19.3 Å². The van der Waals surface area contributed by atoms with Crippen molar-refractivity contribution >= 4 is 45.9 Å². The summed E-state index contributed by atoms with van der Waals surface area (Å²) in [5.74, 6) is -0.0365. The van der Waals surface area contributed by atoms with Crippen LogP contribution >= 0.6 is 23.2 Å². The molecule has 1 spiro atoms. The topological polar surface area (TPSA) is 80.5 Å². The lowest BCUT2D eigenvalue weighted by atomic mass is 10.0. The van der Waals surface area contributed by atoms with E-state index in [1.807, 2.05) is 16.8 Å². The number of benzene rings is 1. The van der Waals surface area contributed by atoms with Crippen molar-refractivity contribution in [2.24, 2.45) is 5.41 Å². The first-order valence-electron chi connectivity index (χ1n) is 10.3. The highest BCUT2D eigenvalue weighted by Crippen LogP contribution is 2.55. The van der Waals surface area contributed by atoms with Gasteiger partial charge in [0, 0.05) is 30.4 Å². The van der Waals surface area contributed by atoms with Crippen molar-refractivity contribution in [3.05, 3.63) is 47.0 Å². The highest BCUT2D eigenvalue weighted by Gasteiger charge is 2.52. The molecule has 1 aliphatic carbocycles. The molecule has 3 heterocycles. The molecule has 2 aliphatic rings. The van der Waals surface area contributed by atoms with Gasteiger partial charge in [-0.3, -0.25) is 4.79 Å². The smallest absolute Gasteiger partial charge is 0.305 e. The Hall–Kier alpha value is -2.35. The van der Waals surface area contributed by atoms with E-state index in [1.165, 1.54) is 12.8 Å². The van der Waals surface area contributed by atoms with Crippen LogP contribution in [0.25, 0.3) is 16.6 Å². The molecular weight excluding hydrogens is 439 g/mol. The van der Waals surface area contributed by atoms with Crippen LogP contribution in [0, 0.1) is 5.41 Å². The number of aromatic nitrogens is 3. The maximum absolute atomic E-state index is 10.8. The normalized spacial score (nSPS) is 19.4. The first-order valence-corrected chi connectivity index (χ1v) is 11.0. The van der Waals surface area contributed by atoms with Gasteiger partial charge in [-0.1, -0.05) is 23.2 Å². The van der Waals surface area contributed by atoms with Gasteiger partial charge in [-0.05, 0) is 36.8 Å². The average molecular weight is 461 g/mol. The molecule has 2 aromatic heterocycles. The van der Waals surface area contributed by atoms with E-state index in [0.717, 1.165) is 29.9 Å². The summed E-state index contributed by atoms with van der Waals surface area (Å²) in [6.45, 7) is 1.58. The van der Waals surface area contributed by atoms with Gasteiger partial charge >= 0.3 is 5.97 Å². The van der Waals surface area contributed by atoms with E-state index in [4.69, 9.17) is 38.0 Å². The van der Waals surface area contributed by atoms with Crippen LogP contribution in [0.1, 0.15) is 25.7 Å². The fraction of sp³-hybridized carbons (Fsp3) is 0.409. The summed E-state index contributed by atoms with van der Waals surface area (Å²) >= 11 is 12.9. The molecular formula is C22H22Cl2N4O3. The highest BCUT2D eigenvalue weighted by atomic mass is 35.5. The van der Waals surface area contributed by atoms with Crippen LogP contribution in [0.2, 0.25) is 10.0 Å². The molecule has 9 heteroatoms. The average Bonchev–Trinajstić information content (AvgIpc) is 3.14. The number of hydrogen-bond donors (Lipinski definition) is 1. The Balaban J connectivity index is 1.53. The van der Waals surface area contributed by atoms with E-state index < -0.39 is 5.97 Å². The lowest BCUT2D eigenvalue weighted by Gasteiger charge is -2.27. The number of aliphatic carboxylic acids is 1. The molecule has 0 radical (unpaired) electrons. The minimum Gasteiger partial charge on any atom is -0.481 e. The minimum atomic E-state index is -0.852. The predicted octanol–water partition coefficient (Wildman–Crippen LogP) is 4.58. The summed E-state index contributed by atoms with van der Waals surface area (Å²) in [5.41, 5.74) is 1.89. The molecule has 0 amide bonds. The maximum Gasteiger partial charge on any atom is 0.305 e. The van der Waals surface area contributed by atoms with Crippen LogP contribution < -0.4 is 4.90 Å². The lowest BCUT2D eigenvalue weighted by molar-refractivity contribution is -0.138. The number of halogens is 2. The van der Waals surface area contributed by atoms with E-state index >= 15 is 0 Å². The van der Waals surface area contributed by atoms with Gasteiger partial charge in [0.05, 0.1) is 53.3 Å². The van der Waals surface area contributed by atoms with Crippen molar-refractivity contribution in [2.45, 2.75) is 31.7 Å². The maximum atomic E-state index is 10.8. The quantitative estimate of drug-likeness (QED) is 0.519. The number of imidazole rings is 1. The van der Waals surface area contributed by atoms with Crippen molar-refractivity contribution in [3.8, 4) is 5.69 Å². The van der Waals surface area contributed by atoms with Crippen molar-refractivity contribution in [1.29, 1.82) is 0 Å². The zero-order chi connectivity index (χ0) is 21.6. The first kappa shape index (κ1) is 20.5. The molecule has 0 unspecified atom stereocenters. The van der Waals surface area contributed by atoms with Crippen LogP contribution in [0.15, 0.2) is 36.9 Å². The minimum absolute atomic E-state index is 0.00493. The Bertz CT molecular complexity index is 1130. The number of carboxylic acid groups (broad SMARTS) is 1. The summed E-state index contributed by atoms with van der Waals surface area (Å²) in [7, 11) is 0. The highest BCUT2D eigenvalue weighted by molar-refractivity contribution is 6.45. The molecule has 2 fully saturated rings. The second kappa shape index (κ2) is 7.97. The van der Waals surface area contributed by atoms with E-state index in [0.29, 0.717) is 27.6 Å². The van der Waals surface area contributed by atoms with Gasteiger partial charge in [-0.25, -0.2) is 9.97 Å². The van der Waals surface area contributed by atoms with Crippen LogP contribution in [-0.2, 0) is 9.53 Å². The first-order chi connectivity index (χ1) is 15.0. The number of carboxylic acids is 1. The molecule has 162 valence electrons. The third kappa shape index (κ3) is 3.97. The summed E-state index contributed by atoms with van der Waals surface area (Å²) in [6.07, 6.45) is 8.79. The molecule has 3 aromatic rings. The van der Waals surface area contributed by atoms with Crippen LogP contribution in [0.5, 0.6) is 0 Å². The summed E-state index contributed by atoms with van der Waals surface area (Å²) in [5, 5.41) is 10.7. The monoisotopic (exact) mass is 460 g/mol. The third-order valence-electron chi connectivity index (χ3n) is 6.26. The Morgan fingerprint density at radius 2 is 2.16 bits per heavy atom. The fourth-order valence-corrected chi connectivity index (χ4v) is 4.82. The second-order valence-corrected chi connectivity index (χ2v) is 9.22. The lowest BCUT2D eigenvalue weighted by Crippen LogP contribution is -2.34. The standard InChI is InChI=1S/C22H22Cl2N4O3/c23-16-2-1-15-17(27-7-6-25-13-27)9-18(26-21(15)20(16)24)28-12-22(4-5-22)10-14(28)11-31-8-3-19(29)30/h1-2,6-7,9,13-14H,3-5,8,10-12H2,(H,29,30)/t14-/m0/s1. The molecule has 1 saturated carbocycles. The molecule has 0 bridgehead atoms.